The first-order valence-corrected chi connectivity index (χ1v) is 7.85. The molecule has 1 aromatic rings. The minimum atomic E-state index is -0.471. The highest BCUT2D eigenvalue weighted by Crippen LogP contribution is 2.51. The summed E-state index contributed by atoms with van der Waals surface area (Å²) in [6, 6.07) is 0.233. The molecular weight excluding hydrogens is 260 g/mol. The van der Waals surface area contributed by atoms with Gasteiger partial charge in [0, 0.05) is 6.04 Å². The van der Waals surface area contributed by atoms with Crippen LogP contribution in [0.5, 0.6) is 0 Å². The summed E-state index contributed by atoms with van der Waals surface area (Å²) in [5.41, 5.74) is 0.805. The maximum Gasteiger partial charge on any atom is 0.0974 e. The minimum Gasteiger partial charge on any atom is -0.387 e. The lowest BCUT2D eigenvalue weighted by atomic mass is 9.84. The first-order chi connectivity index (χ1) is 9.06. The van der Waals surface area contributed by atoms with Gasteiger partial charge in [-0.25, -0.2) is 0 Å². The number of aromatic nitrogens is 2. The lowest BCUT2D eigenvalue weighted by Gasteiger charge is -2.25. The van der Waals surface area contributed by atoms with Crippen LogP contribution >= 0.6 is 11.6 Å². The van der Waals surface area contributed by atoms with E-state index in [2.05, 4.69) is 18.9 Å². The molecule has 1 heterocycles. The number of nitrogens with zero attached hydrogens (tertiary/aromatic N) is 2. The van der Waals surface area contributed by atoms with Crippen LogP contribution in [0.2, 0.25) is 5.02 Å². The second kappa shape index (κ2) is 5.10. The highest BCUT2D eigenvalue weighted by atomic mass is 35.5. The first-order valence-electron chi connectivity index (χ1n) is 7.47. The Morgan fingerprint density at radius 2 is 2.21 bits per heavy atom. The third-order valence-corrected chi connectivity index (χ3v) is 5.29. The van der Waals surface area contributed by atoms with Crippen LogP contribution in [0, 0.1) is 17.8 Å². The van der Waals surface area contributed by atoms with Gasteiger partial charge in [0.05, 0.1) is 23.0 Å². The predicted molar refractivity (Wildman–Crippen MR) is 76.1 cm³/mol. The molecule has 0 spiro atoms. The topological polar surface area (TPSA) is 38.0 Å². The summed E-state index contributed by atoms with van der Waals surface area (Å²) in [5.74, 6) is 2.45. The number of fused-ring (bicyclic) bond motifs is 2. The number of aliphatic hydroxyl groups is 1. The van der Waals surface area contributed by atoms with Gasteiger partial charge in [0.2, 0.25) is 0 Å². The van der Waals surface area contributed by atoms with Gasteiger partial charge in [-0.1, -0.05) is 18.0 Å². The van der Waals surface area contributed by atoms with E-state index >= 15 is 0 Å². The first kappa shape index (κ1) is 13.4. The quantitative estimate of drug-likeness (QED) is 0.907. The third kappa shape index (κ3) is 2.43. The Kier molecular flexibility index (Phi) is 3.61. The summed E-state index contributed by atoms with van der Waals surface area (Å²) in [4.78, 5) is 0. The predicted octanol–water partition coefficient (Wildman–Crippen LogP) is 3.98. The zero-order valence-corrected chi connectivity index (χ0v) is 12.5. The van der Waals surface area contributed by atoms with Crippen molar-refractivity contribution >= 4 is 11.6 Å². The van der Waals surface area contributed by atoms with E-state index in [1.54, 1.807) is 6.20 Å². The van der Waals surface area contributed by atoms with E-state index in [0.717, 1.165) is 24.0 Å². The molecule has 1 N–H and O–H groups in total. The number of aliphatic hydroxyl groups excluding tert-OH is 1. The van der Waals surface area contributed by atoms with Crippen LogP contribution in [0.4, 0.5) is 0 Å². The van der Waals surface area contributed by atoms with Crippen molar-refractivity contribution < 1.29 is 5.11 Å². The van der Waals surface area contributed by atoms with Crippen LogP contribution in [-0.2, 0) is 0 Å². The average Bonchev–Trinajstić information content (AvgIpc) is 3.02. The normalized spacial score (nSPS) is 31.3. The van der Waals surface area contributed by atoms with Crippen molar-refractivity contribution in [3.8, 4) is 0 Å². The van der Waals surface area contributed by atoms with E-state index < -0.39 is 6.10 Å². The molecule has 3 rings (SSSR count). The second-order valence-corrected chi connectivity index (χ2v) is 7.01. The number of hydrogen-bond donors (Lipinski definition) is 1. The second-order valence-electron chi connectivity index (χ2n) is 6.60. The van der Waals surface area contributed by atoms with Crippen molar-refractivity contribution in [1.82, 2.24) is 9.78 Å². The number of halogens is 1. The summed E-state index contributed by atoms with van der Waals surface area (Å²) in [6.07, 6.45) is 7.48. The zero-order chi connectivity index (χ0) is 13.6. The molecule has 2 bridgehead atoms. The summed E-state index contributed by atoms with van der Waals surface area (Å²) < 4.78 is 1.86. The molecule has 19 heavy (non-hydrogen) atoms. The van der Waals surface area contributed by atoms with Gasteiger partial charge in [0.25, 0.3) is 0 Å². The molecule has 2 aliphatic carbocycles. The molecule has 0 radical (unpaired) electrons. The largest absolute Gasteiger partial charge is 0.387 e. The van der Waals surface area contributed by atoms with E-state index in [1.807, 2.05) is 4.68 Å². The van der Waals surface area contributed by atoms with Gasteiger partial charge in [0.15, 0.2) is 0 Å². The Morgan fingerprint density at radius 3 is 2.79 bits per heavy atom. The number of hydrogen-bond acceptors (Lipinski definition) is 2. The SMILES string of the molecule is CC(C)n1ncc(Cl)c1C(O)CC1CC2CCC1C2. The average molecular weight is 283 g/mol. The molecule has 2 aliphatic rings. The fourth-order valence-corrected chi connectivity index (χ4v) is 4.39. The monoisotopic (exact) mass is 282 g/mol. The minimum absolute atomic E-state index is 0.233. The van der Waals surface area contributed by atoms with Crippen LogP contribution < -0.4 is 0 Å². The Hall–Kier alpha value is -0.540. The van der Waals surface area contributed by atoms with E-state index in [1.165, 1.54) is 25.7 Å². The summed E-state index contributed by atoms with van der Waals surface area (Å²) in [7, 11) is 0. The van der Waals surface area contributed by atoms with Crippen molar-refractivity contribution in [3.63, 3.8) is 0 Å². The Morgan fingerprint density at radius 1 is 1.42 bits per heavy atom. The Balaban J connectivity index is 1.73. The van der Waals surface area contributed by atoms with Crippen LogP contribution in [0.15, 0.2) is 6.20 Å². The molecular formula is C15H23ClN2O. The van der Waals surface area contributed by atoms with Crippen LogP contribution in [0.25, 0.3) is 0 Å². The van der Waals surface area contributed by atoms with Gasteiger partial charge in [-0.05, 0) is 57.3 Å². The molecule has 106 valence electrons. The van der Waals surface area contributed by atoms with Gasteiger partial charge in [-0.15, -0.1) is 0 Å². The van der Waals surface area contributed by atoms with Gasteiger partial charge in [-0.2, -0.15) is 5.10 Å². The van der Waals surface area contributed by atoms with Gasteiger partial charge in [-0.3, -0.25) is 4.68 Å². The molecule has 2 saturated carbocycles. The fraction of sp³-hybridized carbons (Fsp3) is 0.800. The zero-order valence-electron chi connectivity index (χ0n) is 11.7. The van der Waals surface area contributed by atoms with E-state index in [-0.39, 0.29) is 6.04 Å². The van der Waals surface area contributed by atoms with E-state index in [9.17, 15) is 5.11 Å². The summed E-state index contributed by atoms with van der Waals surface area (Å²) in [6.45, 7) is 4.13. The number of rotatable bonds is 4. The molecule has 0 aromatic carbocycles. The van der Waals surface area contributed by atoms with Crippen LogP contribution in [0.3, 0.4) is 0 Å². The Bertz CT molecular complexity index is 457. The standard InChI is InChI=1S/C15H23ClN2O/c1-9(2)18-15(13(16)8-17-18)14(19)7-12-6-10-3-4-11(12)5-10/h8-12,14,19H,3-7H2,1-2H3. The van der Waals surface area contributed by atoms with Crippen molar-refractivity contribution in [1.29, 1.82) is 0 Å². The highest BCUT2D eigenvalue weighted by molar-refractivity contribution is 6.31. The lowest BCUT2D eigenvalue weighted by molar-refractivity contribution is 0.116. The van der Waals surface area contributed by atoms with E-state index in [4.69, 9.17) is 11.6 Å². The highest BCUT2D eigenvalue weighted by Gasteiger charge is 2.40. The maximum atomic E-state index is 10.6. The molecule has 0 saturated heterocycles. The van der Waals surface area contributed by atoms with Crippen LogP contribution in [0.1, 0.15) is 63.8 Å². The molecule has 4 heteroatoms. The van der Waals surface area contributed by atoms with Gasteiger partial charge >= 0.3 is 0 Å². The molecule has 4 atom stereocenters. The summed E-state index contributed by atoms with van der Waals surface area (Å²) >= 11 is 6.21. The molecule has 1 aromatic heterocycles. The lowest BCUT2D eigenvalue weighted by Crippen LogP contribution is -2.17. The van der Waals surface area contributed by atoms with E-state index in [0.29, 0.717) is 10.9 Å². The molecule has 0 aliphatic heterocycles. The van der Waals surface area contributed by atoms with Crippen LogP contribution in [-0.4, -0.2) is 14.9 Å². The third-order valence-electron chi connectivity index (χ3n) is 5.00. The van der Waals surface area contributed by atoms with Crippen molar-refractivity contribution in [2.75, 3.05) is 0 Å². The molecule has 0 amide bonds. The summed E-state index contributed by atoms with van der Waals surface area (Å²) in [5, 5.41) is 15.4. The maximum absolute atomic E-state index is 10.6. The van der Waals surface area contributed by atoms with Crippen molar-refractivity contribution in [2.24, 2.45) is 17.8 Å². The molecule has 3 nitrogen and oxygen atoms in total. The fourth-order valence-electron chi connectivity index (χ4n) is 4.14. The van der Waals surface area contributed by atoms with Gasteiger partial charge in [0.1, 0.15) is 0 Å². The molecule has 4 unspecified atom stereocenters. The Labute approximate surface area is 120 Å². The van der Waals surface area contributed by atoms with Crippen molar-refractivity contribution in [3.05, 3.63) is 16.9 Å². The molecule has 2 fully saturated rings. The van der Waals surface area contributed by atoms with Gasteiger partial charge < -0.3 is 5.11 Å². The van der Waals surface area contributed by atoms with Crippen molar-refractivity contribution in [2.45, 2.75) is 58.1 Å². The smallest absolute Gasteiger partial charge is 0.0974 e.